The molecule has 2 aromatic rings. The first-order valence-electron chi connectivity index (χ1n) is 6.07. The van der Waals surface area contributed by atoms with Gasteiger partial charge in [-0.15, -0.1) is 0 Å². The predicted octanol–water partition coefficient (Wildman–Crippen LogP) is 2.61. The number of rotatable bonds is 2. The molecule has 1 fully saturated rings. The zero-order valence-electron chi connectivity index (χ0n) is 10.1. The molecule has 0 aliphatic carbocycles. The van der Waals surface area contributed by atoms with Crippen molar-refractivity contribution in [1.82, 2.24) is 15.5 Å². The van der Waals surface area contributed by atoms with E-state index in [9.17, 15) is 4.39 Å². The number of nitrogens with zero attached hydrogens (tertiary/aromatic N) is 2. The molecule has 5 heteroatoms. The molecule has 0 unspecified atom stereocenters. The number of aromatic nitrogens is 2. The number of hydrogen-bond donors (Lipinski definition) is 1. The summed E-state index contributed by atoms with van der Waals surface area (Å²) in [5.74, 6) is 0.889. The van der Waals surface area contributed by atoms with Crippen LogP contribution < -0.4 is 5.32 Å². The molecular weight excluding hydrogens is 233 g/mol. The minimum absolute atomic E-state index is 0.159. The fraction of sp³-hybridized carbons (Fsp3) is 0.385. The van der Waals surface area contributed by atoms with Crippen molar-refractivity contribution in [3.8, 4) is 11.4 Å². The first kappa shape index (κ1) is 11.3. The van der Waals surface area contributed by atoms with Crippen LogP contribution >= 0.6 is 0 Å². The second kappa shape index (κ2) is 4.49. The number of benzene rings is 1. The number of hydrogen-bond acceptors (Lipinski definition) is 4. The number of nitrogens with one attached hydrogen (secondary N) is 1. The maximum Gasteiger partial charge on any atom is 0.244 e. The number of halogens is 1. The zero-order valence-corrected chi connectivity index (χ0v) is 10.1. The summed E-state index contributed by atoms with van der Waals surface area (Å²) in [6, 6.07) is 4.72. The van der Waals surface area contributed by atoms with Gasteiger partial charge in [0.15, 0.2) is 0 Å². The summed E-state index contributed by atoms with van der Waals surface area (Å²) < 4.78 is 18.3. The van der Waals surface area contributed by atoms with E-state index < -0.39 is 0 Å². The van der Waals surface area contributed by atoms with Crippen molar-refractivity contribution >= 4 is 0 Å². The van der Waals surface area contributed by atoms with Gasteiger partial charge in [0, 0.05) is 5.56 Å². The van der Waals surface area contributed by atoms with Crippen LogP contribution in [0.5, 0.6) is 0 Å². The van der Waals surface area contributed by atoms with Crippen LogP contribution in [0.25, 0.3) is 11.4 Å². The molecule has 1 aliphatic heterocycles. The monoisotopic (exact) mass is 247 g/mol. The van der Waals surface area contributed by atoms with Gasteiger partial charge in [-0.25, -0.2) is 4.39 Å². The molecule has 94 valence electrons. The summed E-state index contributed by atoms with van der Waals surface area (Å²) in [5.41, 5.74) is 1.62. The van der Waals surface area contributed by atoms with E-state index in [1.807, 2.05) is 6.92 Å². The van der Waals surface area contributed by atoms with E-state index in [4.69, 9.17) is 4.52 Å². The normalized spacial score (nSPS) is 19.3. The van der Waals surface area contributed by atoms with Crippen molar-refractivity contribution in [2.75, 3.05) is 6.54 Å². The van der Waals surface area contributed by atoms with Crippen LogP contribution in [-0.2, 0) is 0 Å². The molecule has 1 saturated heterocycles. The Bertz CT molecular complexity index is 561. The Kier molecular flexibility index (Phi) is 2.83. The molecule has 0 radical (unpaired) electrons. The van der Waals surface area contributed by atoms with E-state index >= 15 is 0 Å². The van der Waals surface area contributed by atoms with Crippen molar-refractivity contribution in [3.05, 3.63) is 35.5 Å². The lowest BCUT2D eigenvalue weighted by molar-refractivity contribution is 0.345. The molecule has 1 aromatic heterocycles. The Hall–Kier alpha value is -1.75. The van der Waals surface area contributed by atoms with Gasteiger partial charge in [0.05, 0.1) is 6.04 Å². The lowest BCUT2D eigenvalue weighted by Crippen LogP contribution is -2.12. The second-order valence-corrected chi connectivity index (χ2v) is 4.56. The van der Waals surface area contributed by atoms with E-state index in [2.05, 4.69) is 15.5 Å². The summed E-state index contributed by atoms with van der Waals surface area (Å²) in [5, 5.41) is 7.28. The third-order valence-corrected chi connectivity index (χ3v) is 3.23. The van der Waals surface area contributed by atoms with Crippen LogP contribution in [-0.4, -0.2) is 16.7 Å². The fourth-order valence-corrected chi connectivity index (χ4v) is 2.26. The Balaban J connectivity index is 1.92. The standard InChI is InChI=1S/C13H14FN3O/c1-8-7-9(14)4-5-10(8)12-16-13(18-17-12)11-3-2-6-15-11/h4-5,7,11,15H,2-3,6H2,1H3/t11-/m1/s1. The van der Waals surface area contributed by atoms with E-state index in [1.165, 1.54) is 12.1 Å². The van der Waals surface area contributed by atoms with Gasteiger partial charge in [-0.05, 0) is 50.1 Å². The maximum absolute atomic E-state index is 13.0. The summed E-state index contributed by atoms with van der Waals surface area (Å²) in [7, 11) is 0. The largest absolute Gasteiger partial charge is 0.337 e. The van der Waals surface area contributed by atoms with E-state index in [-0.39, 0.29) is 11.9 Å². The summed E-state index contributed by atoms with van der Waals surface area (Å²) in [6.45, 7) is 2.82. The molecule has 0 bridgehead atoms. The van der Waals surface area contributed by atoms with Gasteiger partial charge in [-0.2, -0.15) is 4.98 Å². The minimum atomic E-state index is -0.252. The van der Waals surface area contributed by atoms with Crippen LogP contribution in [0.1, 0.15) is 30.3 Å². The molecule has 3 rings (SSSR count). The van der Waals surface area contributed by atoms with E-state index in [1.54, 1.807) is 6.07 Å². The SMILES string of the molecule is Cc1cc(F)ccc1-c1noc([C@H]2CCCN2)n1. The van der Waals surface area contributed by atoms with Crippen molar-refractivity contribution in [1.29, 1.82) is 0 Å². The first-order valence-corrected chi connectivity index (χ1v) is 6.07. The van der Waals surface area contributed by atoms with Gasteiger partial charge < -0.3 is 9.84 Å². The molecular formula is C13H14FN3O. The Morgan fingerprint density at radius 1 is 1.44 bits per heavy atom. The van der Waals surface area contributed by atoms with Crippen LogP contribution in [0.15, 0.2) is 22.7 Å². The molecule has 1 aromatic carbocycles. The molecule has 1 atom stereocenters. The van der Waals surface area contributed by atoms with Gasteiger partial charge >= 0.3 is 0 Å². The van der Waals surface area contributed by atoms with Crippen LogP contribution in [0.3, 0.4) is 0 Å². The van der Waals surface area contributed by atoms with E-state index in [0.717, 1.165) is 30.5 Å². The average molecular weight is 247 g/mol. The molecule has 18 heavy (non-hydrogen) atoms. The molecule has 0 spiro atoms. The van der Waals surface area contributed by atoms with Crippen molar-refractivity contribution < 1.29 is 8.91 Å². The van der Waals surface area contributed by atoms with Gasteiger partial charge in [0.1, 0.15) is 5.82 Å². The Morgan fingerprint density at radius 2 is 2.33 bits per heavy atom. The van der Waals surface area contributed by atoms with Crippen LogP contribution in [0, 0.1) is 12.7 Å². The van der Waals surface area contributed by atoms with Gasteiger partial charge in [-0.1, -0.05) is 5.16 Å². The highest BCUT2D eigenvalue weighted by Gasteiger charge is 2.23. The van der Waals surface area contributed by atoms with Crippen LogP contribution in [0.2, 0.25) is 0 Å². The summed E-state index contributed by atoms with van der Waals surface area (Å²) >= 11 is 0. The molecule has 4 nitrogen and oxygen atoms in total. The molecule has 1 N–H and O–H groups in total. The maximum atomic E-state index is 13.0. The third-order valence-electron chi connectivity index (χ3n) is 3.23. The average Bonchev–Trinajstić information content (AvgIpc) is 2.99. The Labute approximate surface area is 104 Å². The van der Waals surface area contributed by atoms with Crippen molar-refractivity contribution in [3.63, 3.8) is 0 Å². The lowest BCUT2D eigenvalue weighted by atomic mass is 10.1. The van der Waals surface area contributed by atoms with Gasteiger partial charge in [0.25, 0.3) is 0 Å². The highest BCUT2D eigenvalue weighted by atomic mass is 19.1. The van der Waals surface area contributed by atoms with Crippen molar-refractivity contribution in [2.24, 2.45) is 0 Å². The predicted molar refractivity (Wildman–Crippen MR) is 64.4 cm³/mol. The quantitative estimate of drug-likeness (QED) is 0.886. The zero-order chi connectivity index (χ0) is 12.5. The van der Waals surface area contributed by atoms with E-state index in [0.29, 0.717) is 11.7 Å². The minimum Gasteiger partial charge on any atom is -0.337 e. The van der Waals surface area contributed by atoms with Crippen LogP contribution in [0.4, 0.5) is 4.39 Å². The van der Waals surface area contributed by atoms with Crippen molar-refractivity contribution in [2.45, 2.75) is 25.8 Å². The highest BCUT2D eigenvalue weighted by Crippen LogP contribution is 2.26. The topological polar surface area (TPSA) is 51.0 Å². The second-order valence-electron chi connectivity index (χ2n) is 4.56. The lowest BCUT2D eigenvalue weighted by Gasteiger charge is -2.02. The fourth-order valence-electron chi connectivity index (χ4n) is 2.26. The van der Waals surface area contributed by atoms with Gasteiger partial charge in [-0.3, -0.25) is 0 Å². The molecule has 0 amide bonds. The summed E-state index contributed by atoms with van der Waals surface area (Å²) in [4.78, 5) is 4.39. The first-order chi connectivity index (χ1) is 8.74. The molecule has 1 aliphatic rings. The van der Waals surface area contributed by atoms with Gasteiger partial charge in [0.2, 0.25) is 11.7 Å². The molecule has 0 saturated carbocycles. The Morgan fingerprint density at radius 3 is 3.06 bits per heavy atom. The molecule has 2 heterocycles. The smallest absolute Gasteiger partial charge is 0.244 e. The third kappa shape index (κ3) is 2.01. The number of aryl methyl sites for hydroxylation is 1. The highest BCUT2D eigenvalue weighted by molar-refractivity contribution is 5.59. The summed E-state index contributed by atoms with van der Waals surface area (Å²) in [6.07, 6.45) is 2.14.